The van der Waals surface area contributed by atoms with Crippen LogP contribution in [0.2, 0.25) is 0 Å². The van der Waals surface area contributed by atoms with Crippen molar-refractivity contribution < 1.29 is 9.59 Å². The Balaban J connectivity index is 4.21. The molecule has 0 radical (unpaired) electrons. The zero-order chi connectivity index (χ0) is 9.78. The first-order chi connectivity index (χ1) is 5.44. The van der Waals surface area contributed by atoms with Gasteiger partial charge in [0.05, 0.1) is 5.54 Å². The van der Waals surface area contributed by atoms with Gasteiger partial charge in [0, 0.05) is 12.8 Å². The first-order valence-electron chi connectivity index (χ1n) is 4.28. The van der Waals surface area contributed by atoms with Crippen LogP contribution in [0.25, 0.3) is 0 Å². The van der Waals surface area contributed by atoms with Gasteiger partial charge in [-0.1, -0.05) is 13.8 Å². The van der Waals surface area contributed by atoms with Gasteiger partial charge in [-0.2, -0.15) is 0 Å². The number of carbonyl (C=O) groups is 2. The highest BCUT2D eigenvalue weighted by Gasteiger charge is 2.26. The Kier molecular flexibility index (Phi) is 3.93. The zero-order valence-electron chi connectivity index (χ0n) is 8.23. The lowest BCUT2D eigenvalue weighted by Crippen LogP contribution is -2.49. The first kappa shape index (κ1) is 11.1. The molecule has 0 fully saturated rings. The van der Waals surface area contributed by atoms with Crippen LogP contribution in [0, 0.1) is 0 Å². The summed E-state index contributed by atoms with van der Waals surface area (Å²) in [6.07, 6.45) is 0.872. The molecule has 70 valence electrons. The summed E-state index contributed by atoms with van der Waals surface area (Å²) in [5.74, 6) is -0.0221. The molecule has 0 saturated heterocycles. The topological polar surface area (TPSA) is 46.2 Å². The van der Waals surface area contributed by atoms with Gasteiger partial charge in [0.2, 0.25) is 5.91 Å². The average molecular weight is 171 g/mol. The molecule has 12 heavy (non-hydrogen) atoms. The van der Waals surface area contributed by atoms with E-state index in [2.05, 4.69) is 5.32 Å². The Morgan fingerprint density at radius 1 is 1.17 bits per heavy atom. The van der Waals surface area contributed by atoms with E-state index in [1.165, 1.54) is 0 Å². The summed E-state index contributed by atoms with van der Waals surface area (Å²) >= 11 is 0. The van der Waals surface area contributed by atoms with E-state index < -0.39 is 5.54 Å². The maximum Gasteiger partial charge on any atom is 0.220 e. The number of ketones is 1. The summed E-state index contributed by atoms with van der Waals surface area (Å²) in [6, 6.07) is 0. The van der Waals surface area contributed by atoms with Gasteiger partial charge in [0.25, 0.3) is 0 Å². The summed E-state index contributed by atoms with van der Waals surface area (Å²) in [6.45, 7) is 7.02. The number of rotatable bonds is 4. The van der Waals surface area contributed by atoms with Crippen LogP contribution in [0.15, 0.2) is 0 Å². The van der Waals surface area contributed by atoms with Crippen LogP contribution in [0.4, 0.5) is 0 Å². The lowest BCUT2D eigenvalue weighted by molar-refractivity contribution is -0.130. The third kappa shape index (κ3) is 3.03. The monoisotopic (exact) mass is 171 g/mol. The van der Waals surface area contributed by atoms with Gasteiger partial charge in [-0.3, -0.25) is 9.59 Å². The van der Waals surface area contributed by atoms with Crippen molar-refractivity contribution in [2.75, 3.05) is 0 Å². The Hall–Kier alpha value is -0.860. The first-order valence-corrected chi connectivity index (χ1v) is 4.28. The molecule has 0 aliphatic rings. The summed E-state index contributed by atoms with van der Waals surface area (Å²) in [7, 11) is 0. The van der Waals surface area contributed by atoms with Crippen LogP contribution in [0.3, 0.4) is 0 Å². The van der Waals surface area contributed by atoms with Crippen molar-refractivity contribution in [3.63, 3.8) is 0 Å². The molecule has 3 heteroatoms. The zero-order valence-corrected chi connectivity index (χ0v) is 8.23. The van der Waals surface area contributed by atoms with E-state index in [0.29, 0.717) is 12.8 Å². The third-order valence-electron chi connectivity index (χ3n) is 1.79. The standard InChI is InChI=1S/C9H17NO2/c1-5-7(11)9(3,4)10-8(12)6-2/h5-6H2,1-4H3,(H,10,12). The molecule has 0 saturated carbocycles. The molecule has 1 amide bonds. The van der Waals surface area contributed by atoms with Crippen LogP contribution < -0.4 is 5.32 Å². The van der Waals surface area contributed by atoms with E-state index >= 15 is 0 Å². The third-order valence-corrected chi connectivity index (χ3v) is 1.79. The highest BCUT2D eigenvalue weighted by atomic mass is 16.2. The molecule has 0 heterocycles. The van der Waals surface area contributed by atoms with Crippen LogP contribution in [-0.2, 0) is 9.59 Å². The maximum atomic E-state index is 11.3. The van der Waals surface area contributed by atoms with Crippen molar-refractivity contribution >= 4 is 11.7 Å². The second-order valence-corrected chi connectivity index (χ2v) is 3.30. The van der Waals surface area contributed by atoms with Crippen LogP contribution in [0.5, 0.6) is 0 Å². The van der Waals surface area contributed by atoms with E-state index in [1.54, 1.807) is 27.7 Å². The van der Waals surface area contributed by atoms with Crippen molar-refractivity contribution in [3.05, 3.63) is 0 Å². The number of Topliss-reactive ketones (excluding diaryl/α,β-unsaturated/α-hetero) is 1. The molecule has 0 aromatic carbocycles. The van der Waals surface area contributed by atoms with Crippen molar-refractivity contribution in [1.29, 1.82) is 0 Å². The SMILES string of the molecule is CCC(=O)NC(C)(C)C(=O)CC. The molecular formula is C9H17NO2. The van der Waals surface area contributed by atoms with Crippen molar-refractivity contribution in [3.8, 4) is 0 Å². The second-order valence-electron chi connectivity index (χ2n) is 3.30. The minimum atomic E-state index is -0.707. The van der Waals surface area contributed by atoms with Gasteiger partial charge in [-0.15, -0.1) is 0 Å². The quantitative estimate of drug-likeness (QED) is 0.692. The summed E-state index contributed by atoms with van der Waals surface area (Å²) in [5.41, 5.74) is -0.707. The van der Waals surface area contributed by atoms with Crippen molar-refractivity contribution in [1.82, 2.24) is 5.32 Å². The number of hydrogen-bond acceptors (Lipinski definition) is 2. The van der Waals surface area contributed by atoms with Crippen LogP contribution in [0.1, 0.15) is 40.5 Å². The van der Waals surface area contributed by atoms with Gasteiger partial charge in [0.15, 0.2) is 5.78 Å². The maximum absolute atomic E-state index is 11.3. The summed E-state index contributed by atoms with van der Waals surface area (Å²) < 4.78 is 0. The Bertz CT molecular complexity index is 185. The lowest BCUT2D eigenvalue weighted by Gasteiger charge is -2.23. The van der Waals surface area contributed by atoms with Crippen molar-refractivity contribution in [2.45, 2.75) is 46.1 Å². The van der Waals surface area contributed by atoms with Crippen molar-refractivity contribution in [2.24, 2.45) is 0 Å². The largest absolute Gasteiger partial charge is 0.344 e. The second kappa shape index (κ2) is 4.24. The molecule has 3 nitrogen and oxygen atoms in total. The smallest absolute Gasteiger partial charge is 0.220 e. The molecule has 1 N–H and O–H groups in total. The number of nitrogens with one attached hydrogen (secondary N) is 1. The van der Waals surface area contributed by atoms with E-state index in [9.17, 15) is 9.59 Å². The fourth-order valence-electron chi connectivity index (χ4n) is 0.949. The number of amides is 1. The van der Waals surface area contributed by atoms with E-state index in [-0.39, 0.29) is 11.7 Å². The summed E-state index contributed by atoms with van der Waals surface area (Å²) in [5, 5.41) is 2.67. The van der Waals surface area contributed by atoms with E-state index in [1.807, 2.05) is 0 Å². The highest BCUT2D eigenvalue weighted by molar-refractivity contribution is 5.91. The molecule has 0 bridgehead atoms. The van der Waals surface area contributed by atoms with E-state index in [4.69, 9.17) is 0 Å². The fourth-order valence-corrected chi connectivity index (χ4v) is 0.949. The van der Waals surface area contributed by atoms with Crippen LogP contribution >= 0.6 is 0 Å². The molecular weight excluding hydrogens is 154 g/mol. The molecule has 0 aromatic heterocycles. The predicted molar refractivity (Wildman–Crippen MR) is 47.8 cm³/mol. The van der Waals surface area contributed by atoms with Gasteiger partial charge >= 0.3 is 0 Å². The van der Waals surface area contributed by atoms with E-state index in [0.717, 1.165) is 0 Å². The number of carbonyl (C=O) groups excluding carboxylic acids is 2. The average Bonchev–Trinajstić information content (AvgIpc) is 2.02. The highest BCUT2D eigenvalue weighted by Crippen LogP contribution is 2.06. The molecule has 0 aliphatic heterocycles. The Morgan fingerprint density at radius 2 is 1.67 bits per heavy atom. The molecule has 0 atom stereocenters. The van der Waals surface area contributed by atoms with Gasteiger partial charge in [0.1, 0.15) is 0 Å². The summed E-state index contributed by atoms with van der Waals surface area (Å²) in [4.78, 5) is 22.3. The molecule has 0 aliphatic carbocycles. The predicted octanol–water partition coefficient (Wildman–Crippen LogP) is 1.27. The molecule has 0 unspecified atom stereocenters. The lowest BCUT2D eigenvalue weighted by atomic mass is 9.97. The van der Waals surface area contributed by atoms with Gasteiger partial charge < -0.3 is 5.32 Å². The fraction of sp³-hybridized carbons (Fsp3) is 0.778. The molecule has 0 rings (SSSR count). The van der Waals surface area contributed by atoms with Crippen LogP contribution in [-0.4, -0.2) is 17.2 Å². The minimum absolute atomic E-state index is 0.0595. The molecule has 0 spiro atoms. The Morgan fingerprint density at radius 3 is 2.00 bits per heavy atom. The van der Waals surface area contributed by atoms with Gasteiger partial charge in [-0.05, 0) is 13.8 Å². The number of hydrogen-bond donors (Lipinski definition) is 1. The normalized spacial score (nSPS) is 11.0. The Labute approximate surface area is 73.5 Å². The van der Waals surface area contributed by atoms with Gasteiger partial charge in [-0.25, -0.2) is 0 Å². The minimum Gasteiger partial charge on any atom is -0.344 e. The molecule has 0 aromatic rings.